The molecule has 1 saturated carbocycles. The molecule has 2 N–H and O–H groups in total. The number of nitrogens with zero attached hydrogens (tertiary/aromatic N) is 1. The summed E-state index contributed by atoms with van der Waals surface area (Å²) in [6.07, 6.45) is 5.47. The number of nitro benzene ring substituents is 1. The molecule has 1 aromatic rings. The van der Waals surface area contributed by atoms with Crippen molar-refractivity contribution < 1.29 is 14.8 Å². The van der Waals surface area contributed by atoms with E-state index in [-0.39, 0.29) is 17.3 Å². The highest BCUT2D eigenvalue weighted by Gasteiger charge is 2.24. The third-order valence-corrected chi connectivity index (χ3v) is 4.16. The van der Waals surface area contributed by atoms with E-state index >= 15 is 0 Å². The van der Waals surface area contributed by atoms with E-state index < -0.39 is 10.9 Å². The van der Waals surface area contributed by atoms with Gasteiger partial charge in [-0.2, -0.15) is 0 Å². The first-order valence-corrected chi connectivity index (χ1v) is 7.29. The van der Waals surface area contributed by atoms with Crippen LogP contribution in [0.25, 0.3) is 0 Å². The van der Waals surface area contributed by atoms with Gasteiger partial charge in [0.2, 0.25) is 0 Å². The van der Waals surface area contributed by atoms with Crippen LogP contribution in [0.4, 0.5) is 11.4 Å². The molecule has 0 heterocycles. The highest BCUT2D eigenvalue weighted by molar-refractivity contribution is 5.89. The zero-order chi connectivity index (χ0) is 15.4. The molecule has 2 atom stereocenters. The molecule has 1 fully saturated rings. The van der Waals surface area contributed by atoms with Crippen molar-refractivity contribution in [1.29, 1.82) is 0 Å². The summed E-state index contributed by atoms with van der Waals surface area (Å²) in [6, 6.07) is 4.23. The van der Waals surface area contributed by atoms with E-state index in [4.69, 9.17) is 5.11 Å². The van der Waals surface area contributed by atoms with Crippen LogP contribution in [0.3, 0.4) is 0 Å². The van der Waals surface area contributed by atoms with Gasteiger partial charge in [-0.05, 0) is 30.9 Å². The second-order valence-electron chi connectivity index (χ2n) is 5.58. The van der Waals surface area contributed by atoms with Gasteiger partial charge in [0.15, 0.2) is 0 Å². The molecule has 2 unspecified atom stereocenters. The van der Waals surface area contributed by atoms with Crippen LogP contribution in [0, 0.1) is 16.0 Å². The molecule has 0 aliphatic heterocycles. The molecule has 114 valence electrons. The van der Waals surface area contributed by atoms with Crippen LogP contribution < -0.4 is 5.32 Å². The summed E-state index contributed by atoms with van der Waals surface area (Å²) in [5, 5.41) is 23.3. The highest BCUT2D eigenvalue weighted by Crippen LogP contribution is 2.32. The monoisotopic (exact) mass is 292 g/mol. The van der Waals surface area contributed by atoms with Gasteiger partial charge in [0.05, 0.1) is 10.5 Å². The minimum Gasteiger partial charge on any atom is -0.478 e. The number of hydrogen-bond acceptors (Lipinski definition) is 4. The maximum atomic E-state index is 11.1. The van der Waals surface area contributed by atoms with E-state index in [1.165, 1.54) is 18.6 Å². The lowest BCUT2D eigenvalue weighted by atomic mass is 9.84. The van der Waals surface area contributed by atoms with Gasteiger partial charge in [0.25, 0.3) is 5.69 Å². The van der Waals surface area contributed by atoms with Crippen LogP contribution in [0.1, 0.15) is 49.4 Å². The number of rotatable bonds is 5. The van der Waals surface area contributed by atoms with Gasteiger partial charge in [-0.25, -0.2) is 4.79 Å². The van der Waals surface area contributed by atoms with Crippen molar-refractivity contribution in [3.63, 3.8) is 0 Å². The Morgan fingerprint density at radius 3 is 2.86 bits per heavy atom. The van der Waals surface area contributed by atoms with Crippen LogP contribution in [0.15, 0.2) is 18.2 Å². The molecule has 0 spiro atoms. The Hall–Kier alpha value is -2.11. The molecule has 0 bridgehead atoms. The summed E-state index contributed by atoms with van der Waals surface area (Å²) in [4.78, 5) is 21.5. The minimum atomic E-state index is -1.16. The highest BCUT2D eigenvalue weighted by atomic mass is 16.6. The van der Waals surface area contributed by atoms with Gasteiger partial charge in [-0.15, -0.1) is 0 Å². The third kappa shape index (κ3) is 3.71. The quantitative estimate of drug-likeness (QED) is 0.638. The average Bonchev–Trinajstić information content (AvgIpc) is 2.47. The SMILES string of the molecule is CCC1CCCC(Nc2ccc(C(=O)O)cc2[N+](=O)[O-])C1. The Morgan fingerprint density at radius 2 is 2.24 bits per heavy atom. The number of carboxylic acid groups (broad SMARTS) is 1. The van der Waals surface area contributed by atoms with Crippen LogP contribution in [0.2, 0.25) is 0 Å². The van der Waals surface area contributed by atoms with Gasteiger partial charge in [0.1, 0.15) is 5.69 Å². The second-order valence-corrected chi connectivity index (χ2v) is 5.58. The summed E-state index contributed by atoms with van der Waals surface area (Å²) in [6.45, 7) is 2.16. The number of hydrogen-bond donors (Lipinski definition) is 2. The van der Waals surface area contributed by atoms with Gasteiger partial charge in [-0.1, -0.05) is 26.2 Å². The normalized spacial score (nSPS) is 21.8. The molecule has 21 heavy (non-hydrogen) atoms. The van der Waals surface area contributed by atoms with Crippen LogP contribution in [-0.2, 0) is 0 Å². The number of nitro groups is 1. The maximum Gasteiger partial charge on any atom is 0.335 e. The van der Waals surface area contributed by atoms with Crippen LogP contribution in [-0.4, -0.2) is 22.0 Å². The fourth-order valence-electron chi connectivity index (χ4n) is 2.95. The zero-order valence-corrected chi connectivity index (χ0v) is 12.0. The van der Waals surface area contributed by atoms with E-state index in [9.17, 15) is 14.9 Å². The zero-order valence-electron chi connectivity index (χ0n) is 12.0. The number of carbonyl (C=O) groups is 1. The Morgan fingerprint density at radius 1 is 1.48 bits per heavy atom. The first kappa shape index (κ1) is 15.3. The van der Waals surface area contributed by atoms with E-state index in [2.05, 4.69) is 12.2 Å². The molecule has 1 aliphatic carbocycles. The summed E-state index contributed by atoms with van der Waals surface area (Å²) >= 11 is 0. The lowest BCUT2D eigenvalue weighted by Gasteiger charge is -2.29. The Labute approximate surface area is 123 Å². The number of benzene rings is 1. The number of carboxylic acids is 1. The first-order chi connectivity index (χ1) is 10.0. The van der Waals surface area contributed by atoms with Crippen molar-refractivity contribution in [2.45, 2.75) is 45.1 Å². The van der Waals surface area contributed by atoms with Crippen molar-refractivity contribution in [2.75, 3.05) is 5.32 Å². The molecular weight excluding hydrogens is 272 g/mol. The number of aromatic carboxylic acids is 1. The lowest BCUT2D eigenvalue weighted by Crippen LogP contribution is -2.27. The van der Waals surface area contributed by atoms with Gasteiger partial charge in [0, 0.05) is 12.1 Å². The van der Waals surface area contributed by atoms with E-state index in [0.717, 1.165) is 31.7 Å². The lowest BCUT2D eigenvalue weighted by molar-refractivity contribution is -0.384. The van der Waals surface area contributed by atoms with E-state index in [1.54, 1.807) is 0 Å². The summed E-state index contributed by atoms with van der Waals surface area (Å²) in [5.74, 6) is -0.498. The second kappa shape index (κ2) is 6.56. The molecule has 0 aromatic heterocycles. The molecule has 6 heteroatoms. The van der Waals surface area contributed by atoms with E-state index in [0.29, 0.717) is 11.6 Å². The van der Waals surface area contributed by atoms with Gasteiger partial charge in [-0.3, -0.25) is 10.1 Å². The molecule has 6 nitrogen and oxygen atoms in total. The fourth-order valence-corrected chi connectivity index (χ4v) is 2.95. The first-order valence-electron chi connectivity index (χ1n) is 7.29. The molecule has 2 rings (SSSR count). The van der Waals surface area contributed by atoms with Crippen molar-refractivity contribution >= 4 is 17.3 Å². The van der Waals surface area contributed by atoms with Crippen LogP contribution in [0.5, 0.6) is 0 Å². The number of anilines is 1. The van der Waals surface area contributed by atoms with Gasteiger partial charge < -0.3 is 10.4 Å². The van der Waals surface area contributed by atoms with E-state index in [1.807, 2.05) is 0 Å². The molecule has 0 amide bonds. The molecule has 1 aromatic carbocycles. The van der Waals surface area contributed by atoms with Crippen LogP contribution >= 0.6 is 0 Å². The third-order valence-electron chi connectivity index (χ3n) is 4.16. The summed E-state index contributed by atoms with van der Waals surface area (Å²) < 4.78 is 0. The topological polar surface area (TPSA) is 92.5 Å². The largest absolute Gasteiger partial charge is 0.478 e. The molecule has 1 aliphatic rings. The average molecular weight is 292 g/mol. The fraction of sp³-hybridized carbons (Fsp3) is 0.533. The van der Waals surface area contributed by atoms with Gasteiger partial charge >= 0.3 is 5.97 Å². The van der Waals surface area contributed by atoms with Crippen molar-refractivity contribution in [2.24, 2.45) is 5.92 Å². The predicted octanol–water partition coefficient (Wildman–Crippen LogP) is 3.67. The van der Waals surface area contributed by atoms with Crippen molar-refractivity contribution in [3.8, 4) is 0 Å². The molecule has 0 saturated heterocycles. The molecular formula is C15H20N2O4. The Kier molecular flexibility index (Phi) is 4.77. The summed E-state index contributed by atoms with van der Waals surface area (Å²) in [7, 11) is 0. The predicted molar refractivity (Wildman–Crippen MR) is 79.7 cm³/mol. The Balaban J connectivity index is 2.19. The number of nitrogens with one attached hydrogen (secondary N) is 1. The standard InChI is InChI=1S/C15H20N2O4/c1-2-10-4-3-5-12(8-10)16-13-7-6-11(15(18)19)9-14(13)17(20)21/h6-7,9-10,12,16H,2-5,8H2,1H3,(H,18,19). The summed E-state index contributed by atoms with van der Waals surface area (Å²) in [5.41, 5.74) is 0.169. The molecule has 0 radical (unpaired) electrons. The van der Waals surface area contributed by atoms with Crippen molar-refractivity contribution in [1.82, 2.24) is 0 Å². The Bertz CT molecular complexity index is 544. The van der Waals surface area contributed by atoms with Crippen molar-refractivity contribution in [3.05, 3.63) is 33.9 Å². The maximum absolute atomic E-state index is 11.1. The smallest absolute Gasteiger partial charge is 0.335 e. The minimum absolute atomic E-state index is 0.0673.